The van der Waals surface area contributed by atoms with Crippen LogP contribution in [0.25, 0.3) is 6.08 Å². The van der Waals surface area contributed by atoms with E-state index in [-0.39, 0.29) is 35.8 Å². The number of aromatic nitrogens is 1. The molecule has 1 aromatic carbocycles. The topological polar surface area (TPSA) is 147 Å². The van der Waals surface area contributed by atoms with Crippen LogP contribution in [0.3, 0.4) is 0 Å². The number of carbonyl (C=O) groups is 4. The Labute approximate surface area is 323 Å². The number of pyridine rings is 1. The van der Waals surface area contributed by atoms with E-state index in [0.717, 1.165) is 74.8 Å². The Morgan fingerprint density at radius 1 is 0.926 bits per heavy atom. The summed E-state index contributed by atoms with van der Waals surface area (Å²) in [6.07, 6.45) is 18.0. The molecule has 1 aliphatic heterocycles. The molecule has 4 rings (SSSR count). The van der Waals surface area contributed by atoms with Crippen molar-refractivity contribution in [2.24, 2.45) is 28.0 Å². The maximum absolute atomic E-state index is 13.3. The Hall–Kier alpha value is -4.34. The number of unbranched alkanes of at least 4 members (excludes halogenated alkanes) is 2. The molecule has 0 saturated heterocycles. The number of rotatable bonds is 19. The number of nitrogens with one attached hydrogen (secondary N) is 2. The third kappa shape index (κ3) is 13.8. The van der Waals surface area contributed by atoms with Crippen LogP contribution in [0.5, 0.6) is 0 Å². The molecule has 1 aliphatic carbocycles. The number of nitrogens with zero attached hydrogens (tertiary/aromatic N) is 3. The molecule has 3 amide bonds. The van der Waals surface area contributed by atoms with Crippen molar-refractivity contribution in [3.05, 3.63) is 58.9 Å². The van der Waals surface area contributed by atoms with E-state index in [1.165, 1.54) is 12.8 Å². The first-order valence-electron chi connectivity index (χ1n) is 20.4. The van der Waals surface area contributed by atoms with Gasteiger partial charge < -0.3 is 21.3 Å². The summed E-state index contributed by atoms with van der Waals surface area (Å²) in [6, 6.07) is 7.03. The van der Waals surface area contributed by atoms with E-state index < -0.39 is 0 Å². The first-order valence-corrected chi connectivity index (χ1v) is 20.4. The molecule has 0 bridgehead atoms. The van der Waals surface area contributed by atoms with Crippen LogP contribution in [0, 0.1) is 17.3 Å². The van der Waals surface area contributed by atoms with Crippen molar-refractivity contribution >= 4 is 46.8 Å². The summed E-state index contributed by atoms with van der Waals surface area (Å²) in [5, 5.41) is 6.05. The number of Topliss-reactive ketones (excluding diaryl/α,β-unsaturated/α-hetero) is 1. The lowest BCUT2D eigenvalue weighted by molar-refractivity contribution is -0.127. The Balaban J connectivity index is 1.17. The lowest BCUT2D eigenvalue weighted by Crippen LogP contribution is -2.34. The van der Waals surface area contributed by atoms with Gasteiger partial charge in [-0.15, -0.1) is 0 Å². The highest BCUT2D eigenvalue weighted by Gasteiger charge is 2.27. The summed E-state index contributed by atoms with van der Waals surface area (Å²) in [6.45, 7) is 13.0. The third-order valence-corrected chi connectivity index (χ3v) is 10.5. The molecule has 1 saturated carbocycles. The van der Waals surface area contributed by atoms with Crippen LogP contribution in [-0.2, 0) is 20.8 Å². The molecule has 1 fully saturated rings. The van der Waals surface area contributed by atoms with Crippen molar-refractivity contribution in [3.8, 4) is 0 Å². The van der Waals surface area contributed by atoms with Gasteiger partial charge in [0, 0.05) is 67.7 Å². The van der Waals surface area contributed by atoms with Gasteiger partial charge in [-0.1, -0.05) is 47.1 Å². The molecule has 10 heteroatoms. The second kappa shape index (κ2) is 20.9. The Morgan fingerprint density at radius 2 is 1.67 bits per heavy atom. The highest BCUT2D eigenvalue weighted by atomic mass is 16.2. The van der Waals surface area contributed by atoms with E-state index in [9.17, 15) is 19.2 Å². The minimum Gasteiger partial charge on any atom is -0.387 e. The number of amidine groups is 1. The molecule has 0 atom stereocenters. The van der Waals surface area contributed by atoms with Crippen molar-refractivity contribution in [3.63, 3.8) is 0 Å². The molecule has 0 spiro atoms. The maximum atomic E-state index is 13.3. The van der Waals surface area contributed by atoms with Gasteiger partial charge >= 0.3 is 0 Å². The van der Waals surface area contributed by atoms with Gasteiger partial charge in [0.1, 0.15) is 11.6 Å². The van der Waals surface area contributed by atoms with Gasteiger partial charge in [0.2, 0.25) is 11.8 Å². The fourth-order valence-electron chi connectivity index (χ4n) is 7.36. The lowest BCUT2D eigenvalue weighted by atomic mass is 9.77. The lowest BCUT2D eigenvalue weighted by Gasteiger charge is -2.29. The van der Waals surface area contributed by atoms with E-state index in [4.69, 9.17) is 5.73 Å². The number of aliphatic imine (C=N–C) groups is 1. The number of aryl methyl sites for hydroxylation is 1. The molecule has 0 radical (unpaired) electrons. The molecular weight excluding hydrogens is 677 g/mol. The Bertz CT molecular complexity index is 1640. The molecule has 2 heterocycles. The van der Waals surface area contributed by atoms with Crippen molar-refractivity contribution in [2.45, 2.75) is 131 Å². The first-order chi connectivity index (χ1) is 25.8. The standard InChI is InChI=1S/C44H64N6O4/c1-6-23-50(24-7-2)43(54)36-26-34-17-18-35(27-39(34)49-40(45)28-36)42(53)48-37-25-32(29-46-30-37)14-19-38(51)11-9-8-10-22-47-41(52)33-15-12-31(13-16-33)20-21-44(3,4)5/h17-18,25-27,29-31,33H,6-16,19-24,28H2,1-5H3,(H2,45,49)(H,47,52)(H,48,53). The number of hydrogen-bond acceptors (Lipinski definition) is 7. The van der Waals surface area contributed by atoms with Crippen molar-refractivity contribution in [2.75, 3.05) is 25.0 Å². The first kappa shape index (κ1) is 42.4. The summed E-state index contributed by atoms with van der Waals surface area (Å²) in [7, 11) is 0. The van der Waals surface area contributed by atoms with Gasteiger partial charge in [-0.25, -0.2) is 4.99 Å². The van der Waals surface area contributed by atoms with Crippen LogP contribution in [0.1, 0.15) is 146 Å². The van der Waals surface area contributed by atoms with Gasteiger partial charge in [-0.05, 0) is 112 Å². The number of ketones is 1. The van der Waals surface area contributed by atoms with E-state index in [2.05, 4.69) is 55.2 Å². The van der Waals surface area contributed by atoms with Crippen molar-refractivity contribution in [1.29, 1.82) is 0 Å². The summed E-state index contributed by atoms with van der Waals surface area (Å²) < 4.78 is 0. The van der Waals surface area contributed by atoms with Gasteiger partial charge in [-0.3, -0.25) is 24.2 Å². The van der Waals surface area contributed by atoms with Crippen molar-refractivity contribution in [1.82, 2.24) is 15.2 Å². The van der Waals surface area contributed by atoms with E-state index in [1.807, 2.05) is 17.0 Å². The molecule has 2 aliphatic rings. The number of fused-ring (bicyclic) bond motifs is 1. The number of amides is 3. The third-order valence-electron chi connectivity index (χ3n) is 10.5. The molecule has 294 valence electrons. The highest BCUT2D eigenvalue weighted by Crippen LogP contribution is 2.35. The summed E-state index contributed by atoms with van der Waals surface area (Å²) in [4.78, 5) is 62.6. The Morgan fingerprint density at radius 3 is 2.37 bits per heavy atom. The summed E-state index contributed by atoms with van der Waals surface area (Å²) in [5.74, 6) is 1.28. The molecule has 0 unspecified atom stereocenters. The van der Waals surface area contributed by atoms with Crippen LogP contribution >= 0.6 is 0 Å². The number of carbonyl (C=O) groups excluding carboxylic acids is 4. The average molecular weight is 741 g/mol. The van der Waals surface area contributed by atoms with Crippen LogP contribution in [-0.4, -0.2) is 58.9 Å². The van der Waals surface area contributed by atoms with Crippen LogP contribution in [0.4, 0.5) is 11.4 Å². The molecular formula is C44H64N6O4. The van der Waals surface area contributed by atoms with Gasteiger partial charge in [0.15, 0.2) is 0 Å². The normalized spacial score (nSPS) is 17.1. The fraction of sp³-hybridized carbons (Fsp3) is 0.591. The zero-order valence-corrected chi connectivity index (χ0v) is 33.5. The minimum atomic E-state index is -0.321. The van der Waals surface area contributed by atoms with Gasteiger partial charge in [0.05, 0.1) is 17.6 Å². The van der Waals surface area contributed by atoms with Crippen LogP contribution < -0.4 is 16.4 Å². The number of benzene rings is 1. The predicted molar refractivity (Wildman–Crippen MR) is 219 cm³/mol. The number of nitrogens with two attached hydrogens (primary N) is 1. The maximum Gasteiger partial charge on any atom is 0.255 e. The van der Waals surface area contributed by atoms with E-state index in [1.54, 1.807) is 30.6 Å². The largest absolute Gasteiger partial charge is 0.387 e. The van der Waals surface area contributed by atoms with Crippen LogP contribution in [0.15, 0.2) is 47.2 Å². The predicted octanol–water partition coefficient (Wildman–Crippen LogP) is 8.57. The van der Waals surface area contributed by atoms with Gasteiger partial charge in [-0.2, -0.15) is 0 Å². The Kier molecular flexibility index (Phi) is 16.4. The monoisotopic (exact) mass is 740 g/mol. The molecule has 54 heavy (non-hydrogen) atoms. The average Bonchev–Trinajstić information content (AvgIpc) is 3.31. The van der Waals surface area contributed by atoms with Crippen molar-refractivity contribution < 1.29 is 19.2 Å². The molecule has 1 aromatic heterocycles. The number of anilines is 1. The summed E-state index contributed by atoms with van der Waals surface area (Å²) >= 11 is 0. The summed E-state index contributed by atoms with van der Waals surface area (Å²) in [5.41, 5.74) is 10.3. The van der Waals surface area contributed by atoms with E-state index >= 15 is 0 Å². The van der Waals surface area contributed by atoms with Gasteiger partial charge in [0.25, 0.3) is 5.91 Å². The molecule has 4 N–H and O–H groups in total. The number of hydrogen-bond donors (Lipinski definition) is 3. The quantitative estimate of drug-likeness (QED) is 0.123. The van der Waals surface area contributed by atoms with Crippen LogP contribution in [0.2, 0.25) is 0 Å². The zero-order valence-electron chi connectivity index (χ0n) is 33.5. The molecule has 10 nitrogen and oxygen atoms in total. The fourth-order valence-corrected chi connectivity index (χ4v) is 7.36. The highest BCUT2D eigenvalue weighted by molar-refractivity contribution is 6.08. The SMILES string of the molecule is CCCN(CCC)C(=O)C1=Cc2ccc(C(=O)Nc3cncc(CCC(=O)CCCCCNC(=O)C4CCC(CCC(C)(C)C)CC4)c3)cc2N=C(N)C1. The minimum absolute atomic E-state index is 0.0350. The second-order valence-corrected chi connectivity index (χ2v) is 16.5. The second-order valence-electron chi connectivity index (χ2n) is 16.5. The smallest absolute Gasteiger partial charge is 0.255 e. The van der Waals surface area contributed by atoms with E-state index in [0.29, 0.717) is 72.7 Å². The molecule has 2 aromatic rings. The zero-order chi connectivity index (χ0) is 39.1.